The van der Waals surface area contributed by atoms with Crippen molar-refractivity contribution in [2.45, 2.75) is 13.8 Å². The van der Waals surface area contributed by atoms with E-state index in [0.717, 1.165) is 6.08 Å². The fraction of sp³-hybridized carbons (Fsp3) is 0.154. The third kappa shape index (κ3) is 5.83. The smallest absolute Gasteiger partial charge is 0.308 e. The van der Waals surface area contributed by atoms with E-state index in [1.807, 2.05) is 0 Å². The minimum Gasteiger partial charge on any atom is -0.427 e. The van der Waals surface area contributed by atoms with Gasteiger partial charge < -0.3 is 9.47 Å². The van der Waals surface area contributed by atoms with Gasteiger partial charge in [-0.2, -0.15) is 0 Å². The summed E-state index contributed by atoms with van der Waals surface area (Å²) in [7, 11) is 0. The molecule has 19 heavy (non-hydrogen) atoms. The van der Waals surface area contributed by atoms with Crippen LogP contribution < -0.4 is 9.47 Å². The van der Waals surface area contributed by atoms with E-state index in [0.29, 0.717) is 5.56 Å². The molecule has 5 nitrogen and oxygen atoms in total. The molecule has 1 aromatic rings. The number of hydrogen-bond donors (Lipinski definition) is 0. The van der Waals surface area contributed by atoms with Crippen molar-refractivity contribution in [2.75, 3.05) is 0 Å². The van der Waals surface area contributed by atoms with Crippen LogP contribution in [0.3, 0.4) is 0 Å². The highest BCUT2D eigenvalue weighted by atomic mass is 35.5. The quantitative estimate of drug-likeness (QED) is 0.367. The van der Waals surface area contributed by atoms with Crippen molar-refractivity contribution in [3.05, 3.63) is 29.8 Å². The van der Waals surface area contributed by atoms with Crippen LogP contribution in [0.2, 0.25) is 0 Å². The van der Waals surface area contributed by atoms with Crippen molar-refractivity contribution in [1.29, 1.82) is 0 Å². The summed E-state index contributed by atoms with van der Waals surface area (Å²) < 4.78 is 9.80. The first-order valence-electron chi connectivity index (χ1n) is 5.26. The van der Waals surface area contributed by atoms with Crippen molar-refractivity contribution < 1.29 is 23.9 Å². The first-order valence-corrected chi connectivity index (χ1v) is 5.64. The number of carbonyl (C=O) groups is 3. The lowest BCUT2D eigenvalue weighted by Crippen LogP contribution is -2.04. The fourth-order valence-corrected chi connectivity index (χ4v) is 1.36. The van der Waals surface area contributed by atoms with Crippen LogP contribution >= 0.6 is 11.6 Å². The minimum absolute atomic E-state index is 0.202. The lowest BCUT2D eigenvalue weighted by atomic mass is 10.2. The van der Waals surface area contributed by atoms with Gasteiger partial charge in [0.15, 0.2) is 0 Å². The molecule has 100 valence electrons. The molecule has 0 aliphatic rings. The fourth-order valence-electron chi connectivity index (χ4n) is 1.30. The van der Waals surface area contributed by atoms with Gasteiger partial charge in [-0.25, -0.2) is 0 Å². The number of halogens is 1. The zero-order valence-electron chi connectivity index (χ0n) is 10.3. The number of esters is 2. The minimum atomic E-state index is -0.646. The average Bonchev–Trinajstić information content (AvgIpc) is 2.24. The van der Waals surface area contributed by atoms with Crippen molar-refractivity contribution in [1.82, 2.24) is 0 Å². The van der Waals surface area contributed by atoms with Crippen molar-refractivity contribution in [2.24, 2.45) is 0 Å². The van der Waals surface area contributed by atoms with E-state index in [4.69, 9.17) is 21.1 Å². The summed E-state index contributed by atoms with van der Waals surface area (Å²) in [6, 6.07) is 4.40. The molecule has 0 spiro atoms. The van der Waals surface area contributed by atoms with E-state index in [-0.39, 0.29) is 11.5 Å². The van der Waals surface area contributed by atoms with Gasteiger partial charge in [0, 0.05) is 19.9 Å². The molecule has 0 saturated heterocycles. The van der Waals surface area contributed by atoms with Gasteiger partial charge >= 0.3 is 11.9 Å². The normalized spacial score (nSPS) is 10.3. The molecule has 0 aliphatic heterocycles. The van der Waals surface area contributed by atoms with E-state index < -0.39 is 17.2 Å². The van der Waals surface area contributed by atoms with E-state index in [1.165, 1.54) is 38.1 Å². The number of benzene rings is 1. The second kappa shape index (κ2) is 6.70. The van der Waals surface area contributed by atoms with Crippen LogP contribution in [0, 0.1) is 0 Å². The zero-order chi connectivity index (χ0) is 14.4. The second-order valence-electron chi connectivity index (χ2n) is 3.56. The van der Waals surface area contributed by atoms with Crippen LogP contribution in [0.15, 0.2) is 24.3 Å². The van der Waals surface area contributed by atoms with Crippen LogP contribution in [-0.2, 0) is 14.4 Å². The SMILES string of the molecule is CC(=O)Oc1cc(/C=C/C(=O)Cl)cc(OC(C)=O)c1. The Labute approximate surface area is 114 Å². The second-order valence-corrected chi connectivity index (χ2v) is 3.94. The molecule has 1 aromatic carbocycles. The van der Waals surface area contributed by atoms with E-state index in [9.17, 15) is 14.4 Å². The third-order valence-electron chi connectivity index (χ3n) is 1.83. The Bertz CT molecular complexity index is 514. The van der Waals surface area contributed by atoms with E-state index >= 15 is 0 Å². The Morgan fingerprint density at radius 2 is 1.47 bits per heavy atom. The maximum atomic E-state index is 10.9. The van der Waals surface area contributed by atoms with Gasteiger partial charge in [0.05, 0.1) is 0 Å². The maximum absolute atomic E-state index is 10.9. The highest BCUT2D eigenvalue weighted by Gasteiger charge is 2.06. The molecule has 0 amide bonds. The van der Waals surface area contributed by atoms with Crippen LogP contribution in [0.5, 0.6) is 11.5 Å². The number of ether oxygens (including phenoxy) is 2. The largest absolute Gasteiger partial charge is 0.427 e. The average molecular weight is 283 g/mol. The predicted molar refractivity (Wildman–Crippen MR) is 69.0 cm³/mol. The van der Waals surface area contributed by atoms with Crippen LogP contribution in [0.1, 0.15) is 19.4 Å². The lowest BCUT2D eigenvalue weighted by Gasteiger charge is -2.07. The van der Waals surface area contributed by atoms with Gasteiger partial charge in [-0.1, -0.05) is 0 Å². The molecule has 0 radical (unpaired) electrons. The van der Waals surface area contributed by atoms with Gasteiger partial charge in [-0.3, -0.25) is 14.4 Å². The summed E-state index contributed by atoms with van der Waals surface area (Å²) in [5.41, 5.74) is 0.504. The van der Waals surface area contributed by atoms with Gasteiger partial charge in [-0.15, -0.1) is 0 Å². The van der Waals surface area contributed by atoms with Gasteiger partial charge in [0.25, 0.3) is 0 Å². The Hall–Kier alpha value is -2.14. The monoisotopic (exact) mass is 282 g/mol. The molecular formula is C13H11ClO5. The number of hydrogen-bond acceptors (Lipinski definition) is 5. The summed E-state index contributed by atoms with van der Waals surface area (Å²) in [5, 5.41) is -0.646. The molecule has 6 heteroatoms. The van der Waals surface area contributed by atoms with Crippen LogP contribution in [0.25, 0.3) is 6.08 Å². The molecule has 0 aliphatic carbocycles. The van der Waals surface area contributed by atoms with E-state index in [2.05, 4.69) is 0 Å². The first-order chi connectivity index (χ1) is 8.86. The summed E-state index contributed by atoms with van der Waals surface area (Å²) in [6.45, 7) is 2.49. The summed E-state index contributed by atoms with van der Waals surface area (Å²) >= 11 is 5.18. The highest BCUT2D eigenvalue weighted by Crippen LogP contribution is 2.24. The van der Waals surface area contributed by atoms with Crippen LogP contribution in [-0.4, -0.2) is 17.2 Å². The Kier molecular flexibility index (Phi) is 5.26. The maximum Gasteiger partial charge on any atom is 0.308 e. The molecule has 0 bridgehead atoms. The highest BCUT2D eigenvalue weighted by molar-refractivity contribution is 6.66. The molecular weight excluding hydrogens is 272 g/mol. The molecule has 0 heterocycles. The first kappa shape index (κ1) is 14.9. The standard InChI is InChI=1S/C13H11ClO5/c1-8(15)18-11-5-10(3-4-13(14)17)6-12(7-11)19-9(2)16/h3-7H,1-2H3/b4-3+. The van der Waals surface area contributed by atoms with E-state index in [1.54, 1.807) is 0 Å². The molecule has 0 unspecified atom stereocenters. The van der Waals surface area contributed by atoms with Crippen molar-refractivity contribution >= 4 is 34.9 Å². The Morgan fingerprint density at radius 3 is 1.84 bits per heavy atom. The zero-order valence-corrected chi connectivity index (χ0v) is 11.1. The lowest BCUT2D eigenvalue weighted by molar-refractivity contribution is -0.132. The Balaban J connectivity index is 3.11. The van der Waals surface area contributed by atoms with Gasteiger partial charge in [-0.05, 0) is 41.4 Å². The molecule has 0 aromatic heterocycles. The topological polar surface area (TPSA) is 69.7 Å². The van der Waals surface area contributed by atoms with Gasteiger partial charge in [0.2, 0.25) is 5.24 Å². The molecule has 0 atom stereocenters. The number of rotatable bonds is 4. The van der Waals surface area contributed by atoms with Crippen molar-refractivity contribution in [3.63, 3.8) is 0 Å². The molecule has 1 rings (SSSR count). The number of carbonyl (C=O) groups excluding carboxylic acids is 3. The Morgan fingerprint density at radius 1 is 1.00 bits per heavy atom. The predicted octanol–water partition coefficient (Wildman–Crippen LogP) is 2.32. The van der Waals surface area contributed by atoms with Gasteiger partial charge in [0.1, 0.15) is 11.5 Å². The molecule has 0 fully saturated rings. The number of allylic oxidation sites excluding steroid dienone is 1. The summed E-state index contributed by atoms with van der Waals surface area (Å²) in [4.78, 5) is 32.5. The van der Waals surface area contributed by atoms with Crippen molar-refractivity contribution in [3.8, 4) is 11.5 Å². The summed E-state index contributed by atoms with van der Waals surface area (Å²) in [6.07, 6.45) is 2.54. The third-order valence-corrected chi connectivity index (χ3v) is 1.96. The molecule has 0 saturated carbocycles. The molecule has 0 N–H and O–H groups in total. The summed E-state index contributed by atoms with van der Waals surface area (Å²) in [5.74, 6) is -0.618. The van der Waals surface area contributed by atoms with Crippen LogP contribution in [0.4, 0.5) is 0 Å².